The van der Waals surface area contributed by atoms with Crippen molar-refractivity contribution in [2.75, 3.05) is 13.6 Å². The highest BCUT2D eigenvalue weighted by atomic mass is 16.2. The monoisotopic (exact) mass is 335 g/mol. The zero-order valence-electron chi connectivity index (χ0n) is 14.3. The first-order valence-corrected chi connectivity index (χ1v) is 8.70. The Morgan fingerprint density at radius 3 is 2.68 bits per heavy atom. The Labute approximate surface area is 147 Å². The molecule has 0 bridgehead atoms. The van der Waals surface area contributed by atoms with Gasteiger partial charge in [-0.05, 0) is 36.6 Å². The molecule has 0 saturated heterocycles. The molecule has 4 rings (SSSR count). The largest absolute Gasteiger partial charge is 0.341 e. The molecule has 5 heteroatoms. The summed E-state index contributed by atoms with van der Waals surface area (Å²) in [6.07, 6.45) is 3.84. The van der Waals surface area contributed by atoms with Crippen molar-refractivity contribution in [3.63, 3.8) is 0 Å². The predicted molar refractivity (Wildman–Crippen MR) is 94.0 cm³/mol. The van der Waals surface area contributed by atoms with E-state index in [0.29, 0.717) is 24.7 Å². The van der Waals surface area contributed by atoms with Crippen LogP contribution in [0.15, 0.2) is 48.7 Å². The third-order valence-corrected chi connectivity index (χ3v) is 5.00. The lowest BCUT2D eigenvalue weighted by molar-refractivity contribution is -0.134. The van der Waals surface area contributed by atoms with Gasteiger partial charge in [-0.1, -0.05) is 24.3 Å². The second kappa shape index (κ2) is 6.31. The Morgan fingerprint density at radius 2 is 1.96 bits per heavy atom. The number of nitrogens with zero attached hydrogens (tertiary/aromatic N) is 3. The Bertz CT molecular complexity index is 802. The van der Waals surface area contributed by atoms with E-state index in [2.05, 4.69) is 4.98 Å². The fourth-order valence-corrected chi connectivity index (χ4v) is 3.51. The van der Waals surface area contributed by atoms with Gasteiger partial charge in [0.2, 0.25) is 5.91 Å². The molecule has 0 spiro atoms. The van der Waals surface area contributed by atoms with Crippen LogP contribution in [0.5, 0.6) is 0 Å². The maximum Gasteiger partial charge on any atom is 0.253 e. The van der Waals surface area contributed by atoms with Gasteiger partial charge >= 0.3 is 0 Å². The molecule has 2 aromatic rings. The van der Waals surface area contributed by atoms with Gasteiger partial charge in [-0.2, -0.15) is 0 Å². The summed E-state index contributed by atoms with van der Waals surface area (Å²) in [6.45, 7) is 0.959. The normalized spacial score (nSPS) is 19.5. The number of pyridine rings is 1. The molecule has 2 amide bonds. The predicted octanol–water partition coefficient (Wildman–Crippen LogP) is 2.44. The van der Waals surface area contributed by atoms with E-state index in [1.165, 1.54) is 0 Å². The molecule has 1 aliphatic carbocycles. The summed E-state index contributed by atoms with van der Waals surface area (Å²) in [5, 5.41) is 0. The number of amides is 2. The first-order valence-electron chi connectivity index (χ1n) is 8.70. The molecule has 2 aliphatic rings. The number of hydrogen-bond acceptors (Lipinski definition) is 3. The molecule has 0 radical (unpaired) electrons. The van der Waals surface area contributed by atoms with Gasteiger partial charge in [0.25, 0.3) is 5.91 Å². The van der Waals surface area contributed by atoms with Crippen LogP contribution in [0.25, 0.3) is 0 Å². The number of rotatable bonds is 4. The SMILES string of the molecule is CN1CC(C(=O)N(Cc2ccccn2)C2CC2)c2ccccc2C1=O. The van der Waals surface area contributed by atoms with E-state index in [1.54, 1.807) is 18.1 Å². The van der Waals surface area contributed by atoms with Gasteiger partial charge in [-0.3, -0.25) is 14.6 Å². The number of hydrogen-bond donors (Lipinski definition) is 0. The lowest BCUT2D eigenvalue weighted by Crippen LogP contribution is -2.45. The van der Waals surface area contributed by atoms with Crippen molar-refractivity contribution in [3.05, 3.63) is 65.5 Å². The maximum absolute atomic E-state index is 13.4. The highest BCUT2D eigenvalue weighted by Gasteiger charge is 2.40. The van der Waals surface area contributed by atoms with Crippen molar-refractivity contribution >= 4 is 11.8 Å². The molecule has 25 heavy (non-hydrogen) atoms. The van der Waals surface area contributed by atoms with Crippen molar-refractivity contribution in [1.82, 2.24) is 14.8 Å². The van der Waals surface area contributed by atoms with Crippen molar-refractivity contribution in [1.29, 1.82) is 0 Å². The van der Waals surface area contributed by atoms with Gasteiger partial charge in [0.05, 0.1) is 18.2 Å². The van der Waals surface area contributed by atoms with E-state index < -0.39 is 0 Å². The van der Waals surface area contributed by atoms with Gasteiger partial charge in [0.15, 0.2) is 0 Å². The van der Waals surface area contributed by atoms with Gasteiger partial charge < -0.3 is 9.80 Å². The van der Waals surface area contributed by atoms with E-state index in [4.69, 9.17) is 0 Å². The fraction of sp³-hybridized carbons (Fsp3) is 0.350. The summed E-state index contributed by atoms with van der Waals surface area (Å²) < 4.78 is 0. The third kappa shape index (κ3) is 3.02. The van der Waals surface area contributed by atoms with Crippen LogP contribution in [-0.2, 0) is 11.3 Å². The second-order valence-corrected chi connectivity index (χ2v) is 6.84. The molecular formula is C20H21N3O2. The fourth-order valence-electron chi connectivity index (χ4n) is 3.51. The van der Waals surface area contributed by atoms with Crippen molar-refractivity contribution < 1.29 is 9.59 Å². The van der Waals surface area contributed by atoms with Crippen LogP contribution in [-0.4, -0.2) is 46.2 Å². The summed E-state index contributed by atoms with van der Waals surface area (Å²) in [4.78, 5) is 33.7. The van der Waals surface area contributed by atoms with Crippen molar-refractivity contribution in [2.24, 2.45) is 0 Å². The molecule has 0 N–H and O–H groups in total. The van der Waals surface area contributed by atoms with E-state index in [-0.39, 0.29) is 17.7 Å². The summed E-state index contributed by atoms with van der Waals surface area (Å²) in [5.74, 6) is -0.217. The molecule has 1 unspecified atom stereocenters. The number of aromatic nitrogens is 1. The quantitative estimate of drug-likeness (QED) is 0.862. The molecule has 128 valence electrons. The lowest BCUT2D eigenvalue weighted by atomic mass is 9.88. The number of carbonyl (C=O) groups excluding carboxylic acids is 2. The Morgan fingerprint density at radius 1 is 1.20 bits per heavy atom. The van der Waals surface area contributed by atoms with Crippen LogP contribution in [0, 0.1) is 0 Å². The lowest BCUT2D eigenvalue weighted by Gasteiger charge is -2.34. The highest BCUT2D eigenvalue weighted by Crippen LogP contribution is 2.34. The maximum atomic E-state index is 13.4. The van der Waals surface area contributed by atoms with E-state index in [1.807, 2.05) is 47.4 Å². The van der Waals surface area contributed by atoms with Crippen LogP contribution < -0.4 is 0 Å². The second-order valence-electron chi connectivity index (χ2n) is 6.84. The van der Waals surface area contributed by atoms with Crippen LogP contribution in [0.4, 0.5) is 0 Å². The molecule has 1 aromatic heterocycles. The molecule has 1 aliphatic heterocycles. The van der Waals surface area contributed by atoms with Crippen LogP contribution in [0.3, 0.4) is 0 Å². The number of benzene rings is 1. The minimum atomic E-state index is -0.303. The molecule has 1 saturated carbocycles. The van der Waals surface area contributed by atoms with Gasteiger partial charge in [0.1, 0.15) is 0 Å². The van der Waals surface area contributed by atoms with E-state index >= 15 is 0 Å². The van der Waals surface area contributed by atoms with Gasteiger partial charge in [-0.25, -0.2) is 0 Å². The zero-order chi connectivity index (χ0) is 17.4. The summed E-state index contributed by atoms with van der Waals surface area (Å²) in [7, 11) is 1.76. The average Bonchev–Trinajstić information content (AvgIpc) is 3.48. The first-order chi connectivity index (χ1) is 12.1. The van der Waals surface area contributed by atoms with E-state index in [0.717, 1.165) is 24.1 Å². The summed E-state index contributed by atoms with van der Waals surface area (Å²) >= 11 is 0. The summed E-state index contributed by atoms with van der Waals surface area (Å²) in [5.41, 5.74) is 2.39. The minimum Gasteiger partial charge on any atom is -0.341 e. The first kappa shape index (κ1) is 15.8. The Kier molecular flexibility index (Phi) is 3.99. The highest BCUT2D eigenvalue weighted by molar-refractivity contribution is 6.00. The van der Waals surface area contributed by atoms with Gasteiger partial charge in [0, 0.05) is 31.4 Å². The van der Waals surface area contributed by atoms with Crippen molar-refractivity contribution in [2.45, 2.75) is 31.3 Å². The van der Waals surface area contributed by atoms with Crippen molar-refractivity contribution in [3.8, 4) is 0 Å². The molecular weight excluding hydrogens is 314 g/mol. The third-order valence-electron chi connectivity index (χ3n) is 5.00. The average molecular weight is 335 g/mol. The topological polar surface area (TPSA) is 53.5 Å². The smallest absolute Gasteiger partial charge is 0.253 e. The molecule has 2 heterocycles. The van der Waals surface area contributed by atoms with Gasteiger partial charge in [-0.15, -0.1) is 0 Å². The van der Waals surface area contributed by atoms with Crippen LogP contribution in [0.2, 0.25) is 0 Å². The van der Waals surface area contributed by atoms with Crippen LogP contribution >= 0.6 is 0 Å². The Balaban J connectivity index is 1.64. The molecule has 1 fully saturated rings. The Hall–Kier alpha value is -2.69. The zero-order valence-corrected chi connectivity index (χ0v) is 14.3. The number of carbonyl (C=O) groups is 2. The summed E-state index contributed by atoms with van der Waals surface area (Å²) in [6, 6.07) is 13.5. The minimum absolute atomic E-state index is 0.0117. The number of fused-ring (bicyclic) bond motifs is 1. The van der Waals surface area contributed by atoms with E-state index in [9.17, 15) is 9.59 Å². The molecule has 1 atom stereocenters. The van der Waals surface area contributed by atoms with Crippen LogP contribution in [0.1, 0.15) is 40.4 Å². The standard InChI is InChI=1S/C20H21N3O2/c1-22-13-18(16-7-2-3-8-17(16)19(22)24)20(25)23(15-9-10-15)12-14-6-4-5-11-21-14/h2-8,11,15,18H,9-10,12-13H2,1H3. The molecule has 1 aromatic carbocycles. The number of likely N-dealkylation sites (N-methyl/N-ethyl adjacent to an activating group) is 1. The molecule has 5 nitrogen and oxygen atoms in total.